The topological polar surface area (TPSA) is 75.3 Å². The predicted molar refractivity (Wildman–Crippen MR) is 96.0 cm³/mol. The zero-order valence-electron chi connectivity index (χ0n) is 14.5. The number of carbonyl (C=O) groups excluding carboxylic acids is 1. The molecule has 1 amide bonds. The van der Waals surface area contributed by atoms with Crippen LogP contribution in [0.25, 0.3) is 0 Å². The van der Waals surface area contributed by atoms with E-state index in [-0.39, 0.29) is 10.8 Å². The first-order chi connectivity index (χ1) is 11.2. The summed E-state index contributed by atoms with van der Waals surface area (Å²) in [6.07, 6.45) is 0. The molecule has 0 spiro atoms. The van der Waals surface area contributed by atoms with Gasteiger partial charge in [-0.15, -0.1) is 0 Å². The molecular formula is C18H22N2O3S. The number of sulfonamides is 1. The molecule has 0 saturated heterocycles. The van der Waals surface area contributed by atoms with Crippen LogP contribution >= 0.6 is 0 Å². The minimum atomic E-state index is -3.62. The molecule has 2 N–H and O–H groups in total. The molecule has 0 aliphatic heterocycles. The SMILES string of the molecule is CNS(=O)(=O)c1cc(C(=O)Nc2ccc(C)c(C)c2)cc(C)c1C. The van der Waals surface area contributed by atoms with E-state index in [9.17, 15) is 13.2 Å². The van der Waals surface area contributed by atoms with Crippen LogP contribution in [0.1, 0.15) is 32.6 Å². The fraction of sp³-hybridized carbons (Fsp3) is 0.278. The van der Waals surface area contributed by atoms with Crippen molar-refractivity contribution in [2.75, 3.05) is 12.4 Å². The number of anilines is 1. The molecule has 0 aromatic heterocycles. The molecule has 0 heterocycles. The van der Waals surface area contributed by atoms with Crippen LogP contribution in [-0.2, 0) is 10.0 Å². The Kier molecular flexibility index (Phi) is 5.11. The number of hydrogen-bond acceptors (Lipinski definition) is 3. The van der Waals surface area contributed by atoms with Gasteiger partial charge in [-0.05, 0) is 81.3 Å². The molecule has 128 valence electrons. The minimum absolute atomic E-state index is 0.121. The summed E-state index contributed by atoms with van der Waals surface area (Å²) in [6.45, 7) is 7.49. The van der Waals surface area contributed by atoms with Gasteiger partial charge in [0.15, 0.2) is 0 Å². The molecule has 0 unspecified atom stereocenters. The normalized spacial score (nSPS) is 11.4. The van der Waals surface area contributed by atoms with Crippen molar-refractivity contribution in [1.82, 2.24) is 4.72 Å². The van der Waals surface area contributed by atoms with Crippen molar-refractivity contribution in [3.8, 4) is 0 Å². The van der Waals surface area contributed by atoms with E-state index in [1.54, 1.807) is 19.9 Å². The maximum Gasteiger partial charge on any atom is 0.255 e. The molecule has 2 aromatic carbocycles. The summed E-state index contributed by atoms with van der Waals surface area (Å²) in [5.74, 6) is -0.339. The first-order valence-electron chi connectivity index (χ1n) is 7.59. The fourth-order valence-electron chi connectivity index (χ4n) is 2.37. The minimum Gasteiger partial charge on any atom is -0.322 e. The summed E-state index contributed by atoms with van der Waals surface area (Å²) in [7, 11) is -2.27. The van der Waals surface area contributed by atoms with Gasteiger partial charge in [0.1, 0.15) is 0 Å². The van der Waals surface area contributed by atoms with Crippen molar-refractivity contribution in [3.05, 3.63) is 58.1 Å². The lowest BCUT2D eigenvalue weighted by Gasteiger charge is -2.13. The smallest absolute Gasteiger partial charge is 0.255 e. The third-order valence-electron chi connectivity index (χ3n) is 4.20. The number of amides is 1. The molecule has 0 atom stereocenters. The van der Waals surface area contributed by atoms with Gasteiger partial charge >= 0.3 is 0 Å². The Morgan fingerprint density at radius 2 is 1.58 bits per heavy atom. The zero-order valence-corrected chi connectivity index (χ0v) is 15.3. The molecule has 6 heteroatoms. The van der Waals surface area contributed by atoms with Crippen molar-refractivity contribution in [2.24, 2.45) is 0 Å². The average Bonchev–Trinajstić information content (AvgIpc) is 2.53. The highest BCUT2D eigenvalue weighted by Gasteiger charge is 2.19. The van der Waals surface area contributed by atoms with E-state index in [2.05, 4.69) is 10.0 Å². The molecule has 2 aromatic rings. The lowest BCUT2D eigenvalue weighted by molar-refractivity contribution is 0.102. The van der Waals surface area contributed by atoms with Gasteiger partial charge in [-0.25, -0.2) is 13.1 Å². The second kappa shape index (κ2) is 6.75. The predicted octanol–water partition coefficient (Wildman–Crippen LogP) is 3.08. The van der Waals surface area contributed by atoms with E-state index in [0.29, 0.717) is 16.8 Å². The van der Waals surface area contributed by atoms with Crippen LogP contribution in [0.5, 0.6) is 0 Å². The van der Waals surface area contributed by atoms with Crippen LogP contribution in [0.2, 0.25) is 0 Å². The molecular weight excluding hydrogens is 324 g/mol. The summed E-state index contributed by atoms with van der Waals surface area (Å²) < 4.78 is 26.6. The van der Waals surface area contributed by atoms with Crippen molar-refractivity contribution in [3.63, 3.8) is 0 Å². The van der Waals surface area contributed by atoms with Crippen LogP contribution in [0, 0.1) is 27.7 Å². The van der Waals surface area contributed by atoms with E-state index in [1.807, 2.05) is 32.0 Å². The highest BCUT2D eigenvalue weighted by atomic mass is 32.2. The Morgan fingerprint density at radius 1 is 0.917 bits per heavy atom. The molecule has 2 rings (SSSR count). The Morgan fingerprint density at radius 3 is 2.17 bits per heavy atom. The van der Waals surface area contributed by atoms with Crippen molar-refractivity contribution in [2.45, 2.75) is 32.6 Å². The van der Waals surface area contributed by atoms with Gasteiger partial charge < -0.3 is 5.32 Å². The third-order valence-corrected chi connectivity index (χ3v) is 5.75. The fourth-order valence-corrected chi connectivity index (χ4v) is 3.44. The van der Waals surface area contributed by atoms with E-state index in [1.165, 1.54) is 13.1 Å². The Balaban J connectivity index is 2.41. The Bertz CT molecular complexity index is 903. The monoisotopic (exact) mass is 346 g/mol. The van der Waals surface area contributed by atoms with Gasteiger partial charge in [0, 0.05) is 11.3 Å². The Hall–Kier alpha value is -2.18. The number of rotatable bonds is 4. The van der Waals surface area contributed by atoms with Crippen LogP contribution in [0.3, 0.4) is 0 Å². The number of carbonyl (C=O) groups is 1. The molecule has 0 aliphatic rings. The van der Waals surface area contributed by atoms with Gasteiger partial charge in [-0.2, -0.15) is 0 Å². The van der Waals surface area contributed by atoms with Gasteiger partial charge in [0.25, 0.3) is 5.91 Å². The summed E-state index contributed by atoms with van der Waals surface area (Å²) in [5.41, 5.74) is 4.58. The van der Waals surface area contributed by atoms with E-state index >= 15 is 0 Å². The third kappa shape index (κ3) is 3.66. The van der Waals surface area contributed by atoms with Gasteiger partial charge in [0.2, 0.25) is 10.0 Å². The van der Waals surface area contributed by atoms with E-state index in [0.717, 1.165) is 16.7 Å². The first kappa shape index (κ1) is 18.2. The largest absolute Gasteiger partial charge is 0.322 e. The maximum absolute atomic E-state index is 12.5. The average molecular weight is 346 g/mol. The van der Waals surface area contributed by atoms with E-state index < -0.39 is 10.0 Å². The highest BCUT2D eigenvalue weighted by Crippen LogP contribution is 2.22. The van der Waals surface area contributed by atoms with Crippen molar-refractivity contribution >= 4 is 21.6 Å². The molecule has 0 bridgehead atoms. The molecule has 0 saturated carbocycles. The van der Waals surface area contributed by atoms with Crippen LogP contribution in [0.4, 0.5) is 5.69 Å². The van der Waals surface area contributed by atoms with Crippen molar-refractivity contribution in [1.29, 1.82) is 0 Å². The Labute approximate surface area is 143 Å². The highest BCUT2D eigenvalue weighted by molar-refractivity contribution is 7.89. The summed E-state index contributed by atoms with van der Waals surface area (Å²) in [5, 5.41) is 2.82. The standard InChI is InChI=1S/C18H22N2O3S/c1-11-6-7-16(9-12(11)2)20-18(21)15-8-13(3)14(4)17(10-15)24(22,23)19-5/h6-10,19H,1-5H3,(H,20,21). The number of hydrogen-bond donors (Lipinski definition) is 2. The number of nitrogens with one attached hydrogen (secondary N) is 2. The van der Waals surface area contributed by atoms with Crippen LogP contribution in [0.15, 0.2) is 35.2 Å². The maximum atomic E-state index is 12.5. The lowest BCUT2D eigenvalue weighted by Crippen LogP contribution is -2.21. The molecule has 0 radical (unpaired) electrons. The molecule has 0 fully saturated rings. The summed E-state index contributed by atoms with van der Waals surface area (Å²) in [6, 6.07) is 8.75. The molecule has 0 aliphatic carbocycles. The molecule has 5 nitrogen and oxygen atoms in total. The first-order valence-corrected chi connectivity index (χ1v) is 9.07. The molecule has 24 heavy (non-hydrogen) atoms. The number of aryl methyl sites for hydroxylation is 3. The van der Waals surface area contributed by atoms with Gasteiger partial charge in [-0.1, -0.05) is 6.07 Å². The van der Waals surface area contributed by atoms with Gasteiger partial charge in [0.05, 0.1) is 4.90 Å². The quantitative estimate of drug-likeness (QED) is 0.893. The second-order valence-corrected chi connectivity index (χ2v) is 7.73. The second-order valence-electron chi connectivity index (χ2n) is 5.88. The summed E-state index contributed by atoms with van der Waals surface area (Å²) >= 11 is 0. The van der Waals surface area contributed by atoms with Crippen molar-refractivity contribution < 1.29 is 13.2 Å². The van der Waals surface area contributed by atoms with Gasteiger partial charge in [-0.3, -0.25) is 4.79 Å². The number of benzene rings is 2. The van der Waals surface area contributed by atoms with Crippen LogP contribution < -0.4 is 10.0 Å². The van der Waals surface area contributed by atoms with E-state index in [4.69, 9.17) is 0 Å². The lowest BCUT2D eigenvalue weighted by atomic mass is 10.1. The summed E-state index contributed by atoms with van der Waals surface area (Å²) in [4.78, 5) is 12.6. The van der Waals surface area contributed by atoms with Crippen LogP contribution in [-0.4, -0.2) is 21.4 Å². The zero-order chi connectivity index (χ0) is 18.1.